The van der Waals surface area contributed by atoms with E-state index >= 15 is 0 Å². The molecule has 114 valence electrons. The lowest BCUT2D eigenvalue weighted by molar-refractivity contribution is 0.415. The van der Waals surface area contributed by atoms with E-state index in [9.17, 15) is 0 Å². The molecule has 5 heteroatoms. The van der Waals surface area contributed by atoms with Crippen molar-refractivity contribution in [2.45, 2.75) is 6.92 Å². The molecule has 5 nitrogen and oxygen atoms in total. The van der Waals surface area contributed by atoms with Crippen LogP contribution in [0.25, 0.3) is 22.7 Å². The van der Waals surface area contributed by atoms with Gasteiger partial charge < -0.3 is 4.74 Å². The maximum absolute atomic E-state index is 5.22. The van der Waals surface area contributed by atoms with Crippen molar-refractivity contribution in [2.75, 3.05) is 7.11 Å². The summed E-state index contributed by atoms with van der Waals surface area (Å²) in [6, 6.07) is 18.0. The molecule has 0 atom stereocenters. The van der Waals surface area contributed by atoms with Crippen LogP contribution in [0.2, 0.25) is 0 Å². The van der Waals surface area contributed by atoms with Crippen LogP contribution in [0, 0.1) is 6.92 Å². The molecule has 2 heterocycles. The van der Waals surface area contributed by atoms with E-state index in [-0.39, 0.29) is 0 Å². The van der Waals surface area contributed by atoms with Crippen molar-refractivity contribution in [3.63, 3.8) is 0 Å². The molecular weight excluding hydrogens is 288 g/mol. The van der Waals surface area contributed by atoms with Crippen LogP contribution in [0.4, 0.5) is 0 Å². The summed E-state index contributed by atoms with van der Waals surface area (Å²) in [6.45, 7) is 1.99. The smallest absolute Gasteiger partial charge is 0.237 e. The molecule has 0 radical (unpaired) electrons. The van der Waals surface area contributed by atoms with Gasteiger partial charge in [0.05, 0.1) is 24.7 Å². The maximum atomic E-state index is 5.22. The molecule has 0 saturated carbocycles. The molecule has 0 aliphatic carbocycles. The van der Waals surface area contributed by atoms with Gasteiger partial charge in [-0.05, 0) is 43.3 Å². The third-order valence-corrected chi connectivity index (χ3v) is 3.89. The van der Waals surface area contributed by atoms with E-state index in [1.165, 1.54) is 0 Å². The van der Waals surface area contributed by atoms with Gasteiger partial charge in [-0.15, -0.1) is 0 Å². The summed E-state index contributed by atoms with van der Waals surface area (Å²) in [6.07, 6.45) is 1.88. The Kier molecular flexibility index (Phi) is 3.12. The van der Waals surface area contributed by atoms with Crippen molar-refractivity contribution in [1.82, 2.24) is 19.2 Å². The Morgan fingerprint density at radius 3 is 2.39 bits per heavy atom. The Hall–Kier alpha value is -3.08. The van der Waals surface area contributed by atoms with E-state index in [1.54, 1.807) is 7.11 Å². The number of rotatable bonds is 3. The van der Waals surface area contributed by atoms with Crippen LogP contribution in [-0.2, 0) is 0 Å². The van der Waals surface area contributed by atoms with Gasteiger partial charge in [0.1, 0.15) is 11.6 Å². The highest BCUT2D eigenvalue weighted by atomic mass is 16.5. The fourth-order valence-corrected chi connectivity index (χ4v) is 2.75. The fraction of sp³-hybridized carbons (Fsp3) is 0.111. The largest absolute Gasteiger partial charge is 0.497 e. The number of para-hydroxylation sites is 1. The average molecular weight is 304 g/mol. The monoisotopic (exact) mass is 304 g/mol. The first-order valence-electron chi connectivity index (χ1n) is 7.41. The standard InChI is InChI=1S/C18H16N4O/c1-13-20-22(15-6-4-3-5-7-15)18-19-12-17(21(13)18)14-8-10-16(23-2)11-9-14/h3-12H,1-2H3. The number of nitrogens with zero attached hydrogens (tertiary/aromatic N) is 4. The summed E-state index contributed by atoms with van der Waals surface area (Å²) in [5.41, 5.74) is 3.09. The van der Waals surface area contributed by atoms with Crippen molar-refractivity contribution in [3.8, 4) is 22.7 Å². The number of fused-ring (bicyclic) bond motifs is 1. The van der Waals surface area contributed by atoms with Crippen LogP contribution in [0.5, 0.6) is 5.75 Å². The van der Waals surface area contributed by atoms with Crippen molar-refractivity contribution in [2.24, 2.45) is 0 Å². The molecule has 4 aromatic rings. The summed E-state index contributed by atoms with van der Waals surface area (Å²) in [5.74, 6) is 2.54. The number of hydrogen-bond donors (Lipinski definition) is 0. The van der Waals surface area contributed by atoms with E-state index in [1.807, 2.05) is 72.4 Å². The number of imidazole rings is 1. The first kappa shape index (κ1) is 13.6. The van der Waals surface area contributed by atoms with Gasteiger partial charge in [0.15, 0.2) is 0 Å². The molecular formula is C18H16N4O. The Bertz CT molecular complexity index is 952. The van der Waals surface area contributed by atoms with Gasteiger partial charge in [-0.25, -0.2) is 4.98 Å². The highest BCUT2D eigenvalue weighted by Crippen LogP contribution is 2.25. The highest BCUT2D eigenvalue weighted by molar-refractivity contribution is 5.64. The number of aryl methyl sites for hydroxylation is 1. The van der Waals surface area contributed by atoms with Crippen molar-refractivity contribution in [1.29, 1.82) is 0 Å². The zero-order valence-corrected chi connectivity index (χ0v) is 13.0. The van der Waals surface area contributed by atoms with Crippen LogP contribution in [0.1, 0.15) is 5.82 Å². The Labute approximate surface area is 133 Å². The number of methoxy groups -OCH3 is 1. The van der Waals surface area contributed by atoms with Crippen molar-refractivity contribution in [3.05, 3.63) is 66.6 Å². The van der Waals surface area contributed by atoms with E-state index in [0.717, 1.165) is 34.3 Å². The first-order valence-corrected chi connectivity index (χ1v) is 7.41. The van der Waals surface area contributed by atoms with Crippen LogP contribution in [0.3, 0.4) is 0 Å². The predicted octanol–water partition coefficient (Wildman–Crippen LogP) is 3.50. The van der Waals surface area contributed by atoms with Gasteiger partial charge >= 0.3 is 0 Å². The normalized spacial score (nSPS) is 11.0. The summed E-state index contributed by atoms with van der Waals surface area (Å²) in [5, 5.41) is 4.63. The Morgan fingerprint density at radius 2 is 1.70 bits per heavy atom. The maximum Gasteiger partial charge on any atom is 0.237 e. The molecule has 2 aromatic heterocycles. The fourth-order valence-electron chi connectivity index (χ4n) is 2.75. The molecule has 0 spiro atoms. The van der Waals surface area contributed by atoms with Gasteiger partial charge in [0.25, 0.3) is 0 Å². The second kappa shape index (κ2) is 5.28. The Morgan fingerprint density at radius 1 is 0.957 bits per heavy atom. The van der Waals surface area contributed by atoms with Crippen LogP contribution >= 0.6 is 0 Å². The molecule has 0 aliphatic rings. The van der Waals surface area contributed by atoms with Gasteiger partial charge in [-0.2, -0.15) is 9.78 Å². The average Bonchev–Trinajstić information content (AvgIpc) is 3.17. The summed E-state index contributed by atoms with van der Waals surface area (Å²) in [4.78, 5) is 4.57. The van der Waals surface area contributed by atoms with E-state index in [0.29, 0.717) is 0 Å². The zero-order chi connectivity index (χ0) is 15.8. The number of benzene rings is 2. The molecule has 0 N–H and O–H groups in total. The molecule has 4 rings (SSSR count). The number of aromatic nitrogens is 4. The minimum Gasteiger partial charge on any atom is -0.497 e. The molecule has 0 bridgehead atoms. The third kappa shape index (κ3) is 2.17. The first-order chi connectivity index (χ1) is 11.3. The minimum absolute atomic E-state index is 0.805. The Balaban J connectivity index is 1.88. The van der Waals surface area contributed by atoms with Gasteiger partial charge in [0, 0.05) is 5.56 Å². The van der Waals surface area contributed by atoms with E-state index in [4.69, 9.17) is 4.74 Å². The molecule has 0 amide bonds. The summed E-state index contributed by atoms with van der Waals surface area (Å²) < 4.78 is 9.15. The lowest BCUT2D eigenvalue weighted by Gasteiger charge is -2.02. The van der Waals surface area contributed by atoms with Gasteiger partial charge in [-0.1, -0.05) is 18.2 Å². The summed E-state index contributed by atoms with van der Waals surface area (Å²) >= 11 is 0. The van der Waals surface area contributed by atoms with Crippen molar-refractivity contribution >= 4 is 5.78 Å². The van der Waals surface area contributed by atoms with Crippen molar-refractivity contribution < 1.29 is 4.74 Å². The quantitative estimate of drug-likeness (QED) is 0.582. The SMILES string of the molecule is COc1ccc(-c2cnc3n(-c4ccccc4)nc(C)n23)cc1. The van der Waals surface area contributed by atoms with Crippen LogP contribution in [0.15, 0.2) is 60.8 Å². The lowest BCUT2D eigenvalue weighted by atomic mass is 10.1. The minimum atomic E-state index is 0.805. The lowest BCUT2D eigenvalue weighted by Crippen LogP contribution is -1.96. The van der Waals surface area contributed by atoms with Gasteiger partial charge in [-0.3, -0.25) is 4.40 Å². The molecule has 23 heavy (non-hydrogen) atoms. The van der Waals surface area contributed by atoms with E-state index in [2.05, 4.69) is 14.5 Å². The van der Waals surface area contributed by atoms with Gasteiger partial charge in [0.2, 0.25) is 5.78 Å². The molecule has 0 saturated heterocycles. The second-order valence-corrected chi connectivity index (χ2v) is 5.30. The molecule has 2 aromatic carbocycles. The van der Waals surface area contributed by atoms with Crippen LogP contribution in [-0.4, -0.2) is 26.3 Å². The second-order valence-electron chi connectivity index (χ2n) is 5.30. The van der Waals surface area contributed by atoms with E-state index < -0.39 is 0 Å². The van der Waals surface area contributed by atoms with Crippen LogP contribution < -0.4 is 4.74 Å². The zero-order valence-electron chi connectivity index (χ0n) is 13.0. The third-order valence-electron chi connectivity index (χ3n) is 3.89. The topological polar surface area (TPSA) is 44.3 Å². The predicted molar refractivity (Wildman–Crippen MR) is 89.0 cm³/mol. The highest BCUT2D eigenvalue weighted by Gasteiger charge is 2.15. The molecule has 0 unspecified atom stereocenters. The number of ether oxygens (including phenoxy) is 1. The number of hydrogen-bond acceptors (Lipinski definition) is 3. The molecule has 0 aliphatic heterocycles. The summed E-state index contributed by atoms with van der Waals surface area (Å²) in [7, 11) is 1.67. The molecule has 0 fully saturated rings.